The van der Waals surface area contributed by atoms with E-state index in [9.17, 15) is 0 Å². The molecule has 0 unspecified atom stereocenters. The smallest absolute Gasteiger partial charge is 0.160 e. The summed E-state index contributed by atoms with van der Waals surface area (Å²) in [7, 11) is 0. The molecule has 3 heterocycles. The normalized spacial score (nSPS) is 11.5. The van der Waals surface area contributed by atoms with Crippen LogP contribution >= 0.6 is 0 Å². The van der Waals surface area contributed by atoms with E-state index in [-0.39, 0.29) is 0 Å². The Morgan fingerprint density at radius 3 is 1.65 bits per heavy atom. The van der Waals surface area contributed by atoms with E-state index in [1.165, 1.54) is 27.3 Å². The Labute approximate surface area is 330 Å². The number of para-hydroxylation sites is 2. The molecule has 0 N–H and O–H groups in total. The molecule has 0 aliphatic heterocycles. The lowest BCUT2D eigenvalue weighted by molar-refractivity contribution is 1.17. The van der Waals surface area contributed by atoms with Crippen molar-refractivity contribution in [2.75, 3.05) is 0 Å². The zero-order chi connectivity index (χ0) is 37.7. The number of fused-ring (bicyclic) bond motifs is 7. The molecule has 0 bridgehead atoms. The number of hydrogen-bond donors (Lipinski definition) is 0. The molecule has 0 radical (unpaired) electrons. The highest BCUT2D eigenvalue weighted by Crippen LogP contribution is 2.42. The number of pyridine rings is 1. The van der Waals surface area contributed by atoms with E-state index >= 15 is 0 Å². The molecule has 0 saturated carbocycles. The molecule has 0 fully saturated rings. The molecule has 4 nitrogen and oxygen atoms in total. The van der Waals surface area contributed by atoms with E-state index in [0.29, 0.717) is 5.82 Å². The van der Waals surface area contributed by atoms with Crippen molar-refractivity contribution in [3.05, 3.63) is 206 Å². The molecule has 0 saturated heterocycles. The Hall–Kier alpha value is -7.69. The lowest BCUT2D eigenvalue weighted by Crippen LogP contribution is -1.98. The molecule has 8 aromatic carbocycles. The molecule has 0 aliphatic rings. The van der Waals surface area contributed by atoms with E-state index < -0.39 is 0 Å². The van der Waals surface area contributed by atoms with Crippen LogP contribution in [0.5, 0.6) is 0 Å². The second-order valence-corrected chi connectivity index (χ2v) is 14.4. The van der Waals surface area contributed by atoms with Crippen molar-refractivity contribution in [2.24, 2.45) is 0 Å². The predicted molar refractivity (Wildman–Crippen MR) is 236 cm³/mol. The fourth-order valence-electron chi connectivity index (χ4n) is 8.30. The molecular formula is C53H34N4. The van der Waals surface area contributed by atoms with Crippen LogP contribution in [0.2, 0.25) is 0 Å². The second kappa shape index (κ2) is 13.6. The van der Waals surface area contributed by atoms with Crippen LogP contribution in [0.3, 0.4) is 0 Å². The number of benzene rings is 8. The van der Waals surface area contributed by atoms with Gasteiger partial charge in [0.05, 0.1) is 33.6 Å². The fourth-order valence-corrected chi connectivity index (χ4v) is 8.30. The number of aromatic nitrogens is 4. The molecule has 266 valence electrons. The minimum atomic E-state index is 0.691. The van der Waals surface area contributed by atoms with Gasteiger partial charge >= 0.3 is 0 Å². The van der Waals surface area contributed by atoms with Gasteiger partial charge in [-0.1, -0.05) is 176 Å². The summed E-state index contributed by atoms with van der Waals surface area (Å²) in [4.78, 5) is 15.6. The van der Waals surface area contributed by atoms with Crippen LogP contribution in [0, 0.1) is 0 Å². The third-order valence-corrected chi connectivity index (χ3v) is 11.0. The van der Waals surface area contributed by atoms with Gasteiger partial charge in [0.1, 0.15) is 0 Å². The van der Waals surface area contributed by atoms with Crippen LogP contribution in [0.1, 0.15) is 0 Å². The zero-order valence-corrected chi connectivity index (χ0v) is 30.9. The summed E-state index contributed by atoms with van der Waals surface area (Å²) in [5.41, 5.74) is 13.5. The lowest BCUT2D eigenvalue weighted by atomic mass is 9.97. The van der Waals surface area contributed by atoms with Gasteiger partial charge in [-0.25, -0.2) is 15.0 Å². The van der Waals surface area contributed by atoms with Gasteiger partial charge in [0.15, 0.2) is 5.82 Å². The molecule has 3 aromatic heterocycles. The molecule has 4 heteroatoms. The third kappa shape index (κ3) is 5.66. The SMILES string of the molecule is c1ccc(-c2ccc(-c3cc(-c4cccc(-n5c6ccccc6c6ccc7c(-c8ccccc8)nc8ccccc8c7c65)c4)nc(-c4ccccc4)n3)cc2)cc1. The van der Waals surface area contributed by atoms with Crippen LogP contribution in [-0.4, -0.2) is 19.5 Å². The third-order valence-electron chi connectivity index (χ3n) is 11.0. The van der Waals surface area contributed by atoms with Gasteiger partial charge in [-0.15, -0.1) is 0 Å². The Morgan fingerprint density at radius 2 is 0.895 bits per heavy atom. The van der Waals surface area contributed by atoms with Crippen molar-refractivity contribution in [1.29, 1.82) is 0 Å². The van der Waals surface area contributed by atoms with Gasteiger partial charge in [0, 0.05) is 54.9 Å². The minimum absolute atomic E-state index is 0.691. The van der Waals surface area contributed by atoms with E-state index in [0.717, 1.165) is 72.3 Å². The van der Waals surface area contributed by atoms with Crippen molar-refractivity contribution < 1.29 is 0 Å². The number of hydrogen-bond acceptors (Lipinski definition) is 3. The van der Waals surface area contributed by atoms with Gasteiger partial charge in [-0.2, -0.15) is 0 Å². The maximum atomic E-state index is 5.25. The average Bonchev–Trinajstić information content (AvgIpc) is 3.64. The van der Waals surface area contributed by atoms with Crippen molar-refractivity contribution in [3.63, 3.8) is 0 Å². The standard InChI is InChI=1S/C53H34N4/c1-4-15-35(16-5-1)36-27-29-37(30-28-36)47-34-48(56-53(55-47)39-19-8-3-9-20-39)40-21-14-22-41(33-40)57-49-26-13-11-23-42(49)43-31-32-45-50(52(43)57)44-24-10-12-25-46(44)54-51(45)38-17-6-2-7-18-38/h1-34H. The molecule has 0 spiro atoms. The van der Waals surface area contributed by atoms with E-state index in [2.05, 4.69) is 187 Å². The Morgan fingerprint density at radius 1 is 0.333 bits per heavy atom. The first kappa shape index (κ1) is 32.7. The van der Waals surface area contributed by atoms with E-state index in [1.807, 2.05) is 24.3 Å². The monoisotopic (exact) mass is 726 g/mol. The first-order valence-electron chi connectivity index (χ1n) is 19.3. The first-order valence-corrected chi connectivity index (χ1v) is 19.3. The minimum Gasteiger partial charge on any atom is -0.309 e. The summed E-state index contributed by atoms with van der Waals surface area (Å²) in [6.45, 7) is 0. The molecule has 0 aliphatic carbocycles. The van der Waals surface area contributed by atoms with E-state index in [4.69, 9.17) is 15.0 Å². The highest BCUT2D eigenvalue weighted by molar-refractivity contribution is 6.26. The molecule has 11 rings (SSSR count). The zero-order valence-electron chi connectivity index (χ0n) is 30.9. The summed E-state index contributed by atoms with van der Waals surface area (Å²) < 4.78 is 2.43. The summed E-state index contributed by atoms with van der Waals surface area (Å²) in [6, 6.07) is 72.6. The van der Waals surface area contributed by atoms with Crippen LogP contribution < -0.4 is 0 Å². The second-order valence-electron chi connectivity index (χ2n) is 14.4. The largest absolute Gasteiger partial charge is 0.309 e. The maximum absolute atomic E-state index is 5.25. The maximum Gasteiger partial charge on any atom is 0.160 e. The van der Waals surface area contributed by atoms with Crippen molar-refractivity contribution in [1.82, 2.24) is 19.5 Å². The van der Waals surface area contributed by atoms with Crippen LogP contribution in [0.15, 0.2) is 206 Å². The summed E-state index contributed by atoms with van der Waals surface area (Å²) in [5, 5.41) is 5.85. The topological polar surface area (TPSA) is 43.6 Å². The summed E-state index contributed by atoms with van der Waals surface area (Å²) in [5.74, 6) is 0.691. The predicted octanol–water partition coefficient (Wildman–Crippen LogP) is 13.6. The number of nitrogens with zero attached hydrogens (tertiary/aromatic N) is 4. The van der Waals surface area contributed by atoms with Gasteiger partial charge in [-0.3, -0.25) is 0 Å². The van der Waals surface area contributed by atoms with Crippen molar-refractivity contribution >= 4 is 43.5 Å². The Bertz CT molecular complexity index is 3260. The molecule has 0 atom stereocenters. The number of rotatable bonds is 6. The Balaban J connectivity index is 1.14. The van der Waals surface area contributed by atoms with Gasteiger partial charge < -0.3 is 4.57 Å². The summed E-state index contributed by atoms with van der Waals surface area (Å²) in [6.07, 6.45) is 0. The van der Waals surface area contributed by atoms with Crippen molar-refractivity contribution in [2.45, 2.75) is 0 Å². The first-order chi connectivity index (χ1) is 28.3. The fraction of sp³-hybridized carbons (Fsp3) is 0. The quantitative estimate of drug-likeness (QED) is 0.160. The molecule has 0 amide bonds. The molecular weight excluding hydrogens is 693 g/mol. The summed E-state index contributed by atoms with van der Waals surface area (Å²) >= 11 is 0. The highest BCUT2D eigenvalue weighted by Gasteiger charge is 2.20. The van der Waals surface area contributed by atoms with Crippen LogP contribution in [0.25, 0.3) is 105 Å². The molecule has 11 aromatic rings. The highest BCUT2D eigenvalue weighted by atomic mass is 15.0. The van der Waals surface area contributed by atoms with Gasteiger partial charge in [0.2, 0.25) is 0 Å². The lowest BCUT2D eigenvalue weighted by Gasteiger charge is -2.15. The van der Waals surface area contributed by atoms with Crippen molar-refractivity contribution in [3.8, 4) is 62.0 Å². The van der Waals surface area contributed by atoms with E-state index in [1.54, 1.807) is 0 Å². The van der Waals surface area contributed by atoms with Gasteiger partial charge in [0.25, 0.3) is 0 Å². The van der Waals surface area contributed by atoms with Crippen LogP contribution in [0.4, 0.5) is 0 Å². The Kier molecular flexibility index (Phi) is 7.78. The van der Waals surface area contributed by atoms with Gasteiger partial charge in [-0.05, 0) is 41.5 Å². The average molecular weight is 727 g/mol. The molecule has 57 heavy (non-hydrogen) atoms. The van der Waals surface area contributed by atoms with Crippen LogP contribution in [-0.2, 0) is 0 Å².